The molecular formula is C19H18F2N6OS. The van der Waals surface area contributed by atoms with Gasteiger partial charge in [0.05, 0.1) is 11.6 Å². The molecule has 3 heterocycles. The van der Waals surface area contributed by atoms with E-state index in [4.69, 9.17) is 0 Å². The molecule has 10 heteroatoms. The Morgan fingerprint density at radius 1 is 1.21 bits per heavy atom. The minimum Gasteiger partial charge on any atom is -0.327 e. The summed E-state index contributed by atoms with van der Waals surface area (Å²) in [4.78, 5) is 19.0. The van der Waals surface area contributed by atoms with E-state index in [1.54, 1.807) is 0 Å². The quantitative estimate of drug-likeness (QED) is 0.653. The molecule has 1 fully saturated rings. The van der Waals surface area contributed by atoms with Crippen LogP contribution in [-0.4, -0.2) is 41.5 Å². The van der Waals surface area contributed by atoms with E-state index in [1.165, 1.54) is 28.9 Å². The van der Waals surface area contributed by atoms with Gasteiger partial charge in [0, 0.05) is 25.1 Å². The zero-order valence-corrected chi connectivity index (χ0v) is 16.5. The van der Waals surface area contributed by atoms with Gasteiger partial charge in [0.1, 0.15) is 17.5 Å². The van der Waals surface area contributed by atoms with Crippen molar-refractivity contribution in [3.05, 3.63) is 47.0 Å². The molecule has 0 spiro atoms. The van der Waals surface area contributed by atoms with E-state index >= 15 is 0 Å². The van der Waals surface area contributed by atoms with Gasteiger partial charge in [-0.2, -0.15) is 4.37 Å². The fourth-order valence-corrected chi connectivity index (χ4v) is 4.53. The number of carbonyl (C=O) groups excluding carboxylic acids is 1. The van der Waals surface area contributed by atoms with Gasteiger partial charge in [0.2, 0.25) is 0 Å². The maximum atomic E-state index is 14.1. The van der Waals surface area contributed by atoms with Crippen LogP contribution < -0.4 is 0 Å². The number of halogens is 2. The third-order valence-electron chi connectivity index (χ3n) is 5.71. The number of aromatic nitrogens is 5. The first kappa shape index (κ1) is 18.3. The number of amides is 1. The Balaban J connectivity index is 1.42. The predicted molar refractivity (Wildman–Crippen MR) is 101 cm³/mol. The molecule has 2 aliphatic rings. The van der Waals surface area contributed by atoms with Crippen LogP contribution in [0.3, 0.4) is 0 Å². The van der Waals surface area contributed by atoms with Crippen LogP contribution in [-0.2, 0) is 6.54 Å². The number of hydrogen-bond donors (Lipinski definition) is 0. The lowest BCUT2D eigenvalue weighted by atomic mass is 9.85. The van der Waals surface area contributed by atoms with E-state index in [2.05, 4.69) is 19.6 Å². The molecule has 3 aromatic rings. The lowest BCUT2D eigenvalue weighted by molar-refractivity contribution is 0.0633. The highest BCUT2D eigenvalue weighted by Crippen LogP contribution is 2.37. The van der Waals surface area contributed by atoms with Crippen molar-refractivity contribution < 1.29 is 13.6 Å². The molecule has 0 radical (unpaired) electrons. The SMILES string of the molecule is C[C@@H]1c2nnc(-c3nc(C4CCC4)ns3)n2CCN1C(=O)c1ccc(F)cc1F. The van der Waals surface area contributed by atoms with Crippen LogP contribution in [0, 0.1) is 11.6 Å². The zero-order chi connectivity index (χ0) is 20.1. The molecule has 0 unspecified atom stereocenters. The lowest BCUT2D eigenvalue weighted by Crippen LogP contribution is -2.41. The first-order chi connectivity index (χ1) is 14.0. The highest BCUT2D eigenvalue weighted by molar-refractivity contribution is 7.09. The van der Waals surface area contributed by atoms with Crippen LogP contribution in [0.15, 0.2) is 18.2 Å². The van der Waals surface area contributed by atoms with Crippen molar-refractivity contribution in [2.75, 3.05) is 6.54 Å². The predicted octanol–water partition coefficient (Wildman–Crippen LogP) is 3.56. The normalized spacial score (nSPS) is 19.1. The van der Waals surface area contributed by atoms with Gasteiger partial charge in [-0.25, -0.2) is 13.8 Å². The summed E-state index contributed by atoms with van der Waals surface area (Å²) in [6.07, 6.45) is 3.47. The van der Waals surface area contributed by atoms with Crippen LogP contribution in [0.1, 0.15) is 60.2 Å². The first-order valence-corrected chi connectivity index (χ1v) is 10.3. The third kappa shape index (κ3) is 3.02. The van der Waals surface area contributed by atoms with Crippen LogP contribution in [0.2, 0.25) is 0 Å². The second-order valence-electron chi connectivity index (χ2n) is 7.42. The van der Waals surface area contributed by atoms with Crippen LogP contribution in [0.4, 0.5) is 8.78 Å². The molecule has 0 N–H and O–H groups in total. The Morgan fingerprint density at radius 2 is 2.03 bits per heavy atom. The monoisotopic (exact) mass is 416 g/mol. The van der Waals surface area contributed by atoms with Gasteiger partial charge in [-0.1, -0.05) is 6.42 Å². The topological polar surface area (TPSA) is 76.8 Å². The fourth-order valence-electron chi connectivity index (χ4n) is 3.80. The Morgan fingerprint density at radius 3 is 2.76 bits per heavy atom. The van der Waals surface area contributed by atoms with Gasteiger partial charge in [-0.05, 0) is 43.4 Å². The number of rotatable bonds is 3. The molecule has 2 aromatic heterocycles. The molecule has 1 aromatic carbocycles. The van der Waals surface area contributed by atoms with Gasteiger partial charge >= 0.3 is 0 Å². The second-order valence-corrected chi connectivity index (χ2v) is 8.17. The highest BCUT2D eigenvalue weighted by atomic mass is 32.1. The maximum Gasteiger partial charge on any atom is 0.257 e. The molecule has 150 valence electrons. The van der Waals surface area contributed by atoms with E-state index in [9.17, 15) is 13.6 Å². The summed E-state index contributed by atoms with van der Waals surface area (Å²) in [5.41, 5.74) is -0.152. The largest absolute Gasteiger partial charge is 0.327 e. The standard InChI is InChI=1S/C19H18F2N6OS/c1-10-16-23-24-17(18-22-15(25-29-18)11-3-2-4-11)27(16)8-7-26(10)19(28)13-6-5-12(20)9-14(13)21/h5-6,9-11H,2-4,7-8H2,1H3/t10-/m1/s1. The zero-order valence-electron chi connectivity index (χ0n) is 15.7. The minimum atomic E-state index is -0.868. The molecule has 1 aliphatic carbocycles. The van der Waals surface area contributed by atoms with Gasteiger partial charge < -0.3 is 9.47 Å². The molecule has 7 nitrogen and oxygen atoms in total. The van der Waals surface area contributed by atoms with Crippen molar-refractivity contribution in [1.29, 1.82) is 0 Å². The van der Waals surface area contributed by atoms with Gasteiger partial charge in [0.15, 0.2) is 16.7 Å². The number of benzene rings is 1. The molecule has 1 amide bonds. The molecular weight excluding hydrogens is 398 g/mol. The maximum absolute atomic E-state index is 14.1. The van der Waals surface area contributed by atoms with Crippen molar-refractivity contribution in [1.82, 2.24) is 29.0 Å². The lowest BCUT2D eigenvalue weighted by Gasteiger charge is -2.33. The molecule has 1 atom stereocenters. The summed E-state index contributed by atoms with van der Waals surface area (Å²) < 4.78 is 33.7. The van der Waals surface area contributed by atoms with Crippen LogP contribution in [0.25, 0.3) is 10.8 Å². The molecule has 29 heavy (non-hydrogen) atoms. The Bertz CT molecular complexity index is 1090. The van der Waals surface area contributed by atoms with E-state index in [-0.39, 0.29) is 5.56 Å². The van der Waals surface area contributed by atoms with Crippen molar-refractivity contribution in [3.8, 4) is 10.8 Å². The second kappa shape index (κ2) is 6.94. The first-order valence-electron chi connectivity index (χ1n) is 9.56. The Hall–Kier alpha value is -2.75. The molecule has 1 saturated carbocycles. The molecule has 0 bridgehead atoms. The number of nitrogens with zero attached hydrogens (tertiary/aromatic N) is 6. The van der Waals surface area contributed by atoms with Gasteiger partial charge in [-0.3, -0.25) is 4.79 Å². The minimum absolute atomic E-state index is 0.152. The van der Waals surface area contributed by atoms with Crippen molar-refractivity contribution in [2.45, 2.75) is 44.7 Å². The van der Waals surface area contributed by atoms with E-state index in [0.29, 0.717) is 30.7 Å². The van der Waals surface area contributed by atoms with Crippen LogP contribution >= 0.6 is 11.5 Å². The van der Waals surface area contributed by atoms with E-state index < -0.39 is 23.6 Å². The van der Waals surface area contributed by atoms with E-state index in [1.807, 2.05) is 11.5 Å². The highest BCUT2D eigenvalue weighted by Gasteiger charge is 2.34. The van der Waals surface area contributed by atoms with E-state index in [0.717, 1.165) is 35.8 Å². The summed E-state index contributed by atoms with van der Waals surface area (Å²) >= 11 is 1.32. The average Bonchev–Trinajstić information content (AvgIpc) is 3.27. The molecule has 5 rings (SSSR count). The van der Waals surface area contributed by atoms with Crippen molar-refractivity contribution >= 4 is 17.4 Å². The Labute approximate surface area is 169 Å². The van der Waals surface area contributed by atoms with Crippen molar-refractivity contribution in [3.63, 3.8) is 0 Å². The van der Waals surface area contributed by atoms with Gasteiger partial charge in [-0.15, -0.1) is 10.2 Å². The van der Waals surface area contributed by atoms with Crippen molar-refractivity contribution in [2.24, 2.45) is 0 Å². The summed E-state index contributed by atoms with van der Waals surface area (Å²) in [5.74, 6) is 0.509. The number of carbonyl (C=O) groups is 1. The summed E-state index contributed by atoms with van der Waals surface area (Å²) in [6, 6.07) is 2.58. The molecule has 0 saturated heterocycles. The number of fused-ring (bicyclic) bond motifs is 1. The Kier molecular flexibility index (Phi) is 4.38. The summed E-state index contributed by atoms with van der Waals surface area (Å²) in [6.45, 7) is 2.65. The van der Waals surface area contributed by atoms with Crippen LogP contribution in [0.5, 0.6) is 0 Å². The summed E-state index contributed by atoms with van der Waals surface area (Å²) in [5, 5.41) is 9.28. The smallest absolute Gasteiger partial charge is 0.257 e. The van der Waals surface area contributed by atoms with Gasteiger partial charge in [0.25, 0.3) is 5.91 Å². The average molecular weight is 416 g/mol. The fraction of sp³-hybridized carbons (Fsp3) is 0.421. The molecule has 1 aliphatic heterocycles. The number of hydrogen-bond acceptors (Lipinski definition) is 6. The third-order valence-corrected chi connectivity index (χ3v) is 6.44. The summed E-state index contributed by atoms with van der Waals surface area (Å²) in [7, 11) is 0.